The number of hydrogen-bond acceptors (Lipinski definition) is 4. The summed E-state index contributed by atoms with van der Waals surface area (Å²) >= 11 is 2.85. The molecule has 0 fully saturated rings. The second-order valence-corrected chi connectivity index (χ2v) is 5.89. The summed E-state index contributed by atoms with van der Waals surface area (Å²) in [6, 6.07) is 3.50. The first kappa shape index (κ1) is 13.8. The van der Waals surface area contributed by atoms with Gasteiger partial charge in [0.2, 0.25) is 5.91 Å². The van der Waals surface area contributed by atoms with Gasteiger partial charge in [-0.1, -0.05) is 6.92 Å². The monoisotopic (exact) mass is 295 g/mol. The van der Waals surface area contributed by atoms with Crippen molar-refractivity contribution < 1.29 is 14.7 Å². The Morgan fingerprint density at radius 2 is 2.21 bits per heavy atom. The lowest BCUT2D eigenvalue weighted by Crippen LogP contribution is -2.15. The van der Waals surface area contributed by atoms with Crippen molar-refractivity contribution in [2.45, 2.75) is 19.8 Å². The number of carboxylic acid groups (broad SMARTS) is 1. The van der Waals surface area contributed by atoms with E-state index in [4.69, 9.17) is 5.11 Å². The minimum Gasteiger partial charge on any atom is -0.478 e. The van der Waals surface area contributed by atoms with Crippen LogP contribution in [0.4, 0.5) is 5.00 Å². The Morgan fingerprint density at radius 3 is 2.79 bits per heavy atom. The maximum absolute atomic E-state index is 11.9. The number of aromatic carboxylic acids is 1. The minimum absolute atomic E-state index is 0.167. The normalized spacial score (nSPS) is 10.4. The van der Waals surface area contributed by atoms with Gasteiger partial charge in [-0.05, 0) is 34.9 Å². The van der Waals surface area contributed by atoms with E-state index in [2.05, 4.69) is 5.32 Å². The maximum Gasteiger partial charge on any atom is 0.338 e. The van der Waals surface area contributed by atoms with Crippen molar-refractivity contribution in [1.82, 2.24) is 0 Å². The van der Waals surface area contributed by atoms with Crippen molar-refractivity contribution in [3.63, 3.8) is 0 Å². The molecule has 6 heteroatoms. The third kappa shape index (κ3) is 3.42. The smallest absolute Gasteiger partial charge is 0.338 e. The first-order chi connectivity index (χ1) is 9.10. The SMILES string of the molecule is CCc1cc(C(=O)O)c(NC(=O)Cc2ccsc2)s1. The van der Waals surface area contributed by atoms with Crippen LogP contribution in [-0.4, -0.2) is 17.0 Å². The average molecular weight is 295 g/mol. The fourth-order valence-corrected chi connectivity index (χ4v) is 3.29. The van der Waals surface area contributed by atoms with Gasteiger partial charge in [0.05, 0.1) is 12.0 Å². The third-order valence-corrected chi connectivity index (χ3v) is 4.49. The molecule has 0 aliphatic rings. The number of nitrogens with one attached hydrogen (secondary N) is 1. The Labute approximate surface area is 118 Å². The summed E-state index contributed by atoms with van der Waals surface area (Å²) < 4.78 is 0. The van der Waals surface area contributed by atoms with Crippen LogP contribution in [0.25, 0.3) is 0 Å². The number of thiophene rings is 2. The van der Waals surface area contributed by atoms with Crippen LogP contribution in [0, 0.1) is 0 Å². The number of aryl methyl sites for hydroxylation is 1. The van der Waals surface area contributed by atoms with Crippen LogP contribution in [0.15, 0.2) is 22.9 Å². The van der Waals surface area contributed by atoms with Crippen LogP contribution in [-0.2, 0) is 17.6 Å². The van der Waals surface area contributed by atoms with E-state index in [0.29, 0.717) is 5.00 Å². The van der Waals surface area contributed by atoms with E-state index in [-0.39, 0.29) is 17.9 Å². The number of rotatable bonds is 5. The van der Waals surface area contributed by atoms with Gasteiger partial charge in [-0.3, -0.25) is 4.79 Å². The van der Waals surface area contributed by atoms with Crippen molar-refractivity contribution in [3.8, 4) is 0 Å². The van der Waals surface area contributed by atoms with Crippen LogP contribution < -0.4 is 5.32 Å². The number of carbonyl (C=O) groups excluding carboxylic acids is 1. The Bertz CT molecular complexity index is 587. The number of carbonyl (C=O) groups is 2. The molecular weight excluding hydrogens is 282 g/mol. The lowest BCUT2D eigenvalue weighted by Gasteiger charge is -2.02. The molecule has 2 aromatic rings. The number of amides is 1. The molecule has 100 valence electrons. The average Bonchev–Trinajstić information content (AvgIpc) is 2.98. The van der Waals surface area contributed by atoms with Crippen molar-refractivity contribution in [3.05, 3.63) is 38.9 Å². The Hall–Kier alpha value is -1.66. The van der Waals surface area contributed by atoms with E-state index in [0.717, 1.165) is 16.9 Å². The van der Waals surface area contributed by atoms with E-state index in [1.165, 1.54) is 22.7 Å². The van der Waals surface area contributed by atoms with Crippen LogP contribution in [0.5, 0.6) is 0 Å². The van der Waals surface area contributed by atoms with Gasteiger partial charge >= 0.3 is 5.97 Å². The predicted octanol–water partition coefficient (Wildman–Crippen LogP) is 3.25. The van der Waals surface area contributed by atoms with Gasteiger partial charge in [-0.25, -0.2) is 4.79 Å². The largest absolute Gasteiger partial charge is 0.478 e. The lowest BCUT2D eigenvalue weighted by molar-refractivity contribution is -0.115. The van der Waals surface area contributed by atoms with Gasteiger partial charge in [0.25, 0.3) is 0 Å². The van der Waals surface area contributed by atoms with Gasteiger partial charge in [0.1, 0.15) is 5.00 Å². The summed E-state index contributed by atoms with van der Waals surface area (Å²) in [5, 5.41) is 16.0. The highest BCUT2D eigenvalue weighted by molar-refractivity contribution is 7.16. The van der Waals surface area contributed by atoms with Gasteiger partial charge < -0.3 is 10.4 Å². The number of anilines is 1. The summed E-state index contributed by atoms with van der Waals surface area (Å²) in [5.41, 5.74) is 1.10. The molecule has 2 aromatic heterocycles. The van der Waals surface area contributed by atoms with Crippen molar-refractivity contribution in [2.24, 2.45) is 0 Å². The van der Waals surface area contributed by atoms with Gasteiger partial charge in [0.15, 0.2) is 0 Å². The molecule has 2 rings (SSSR count). The topological polar surface area (TPSA) is 66.4 Å². The highest BCUT2D eigenvalue weighted by Gasteiger charge is 2.16. The standard InChI is InChI=1S/C13H13NO3S2/c1-2-9-6-10(13(16)17)12(19-9)14-11(15)5-8-3-4-18-7-8/h3-4,6-7H,2,5H2,1H3,(H,14,15)(H,16,17). The molecule has 1 amide bonds. The lowest BCUT2D eigenvalue weighted by atomic mass is 10.2. The first-order valence-corrected chi connectivity index (χ1v) is 7.53. The predicted molar refractivity (Wildman–Crippen MR) is 77.3 cm³/mol. The molecule has 0 atom stereocenters. The molecule has 4 nitrogen and oxygen atoms in total. The minimum atomic E-state index is -1.01. The van der Waals surface area contributed by atoms with E-state index in [1.54, 1.807) is 6.07 Å². The summed E-state index contributed by atoms with van der Waals surface area (Å²) in [7, 11) is 0. The van der Waals surface area contributed by atoms with E-state index in [1.807, 2.05) is 23.8 Å². The van der Waals surface area contributed by atoms with Crippen molar-refractivity contribution >= 4 is 39.6 Å². The van der Waals surface area contributed by atoms with Crippen LogP contribution in [0.1, 0.15) is 27.7 Å². The first-order valence-electron chi connectivity index (χ1n) is 5.77. The summed E-state index contributed by atoms with van der Waals surface area (Å²) in [4.78, 5) is 23.9. The second-order valence-electron chi connectivity index (χ2n) is 3.97. The maximum atomic E-state index is 11.9. The van der Waals surface area contributed by atoms with Gasteiger partial charge in [0, 0.05) is 4.88 Å². The van der Waals surface area contributed by atoms with Gasteiger partial charge in [-0.2, -0.15) is 11.3 Å². The third-order valence-electron chi connectivity index (χ3n) is 2.56. The summed E-state index contributed by atoms with van der Waals surface area (Å²) in [6.45, 7) is 1.95. The van der Waals surface area contributed by atoms with Crippen molar-refractivity contribution in [1.29, 1.82) is 0 Å². The fraction of sp³-hybridized carbons (Fsp3) is 0.231. The van der Waals surface area contributed by atoms with E-state index < -0.39 is 5.97 Å². The van der Waals surface area contributed by atoms with E-state index in [9.17, 15) is 9.59 Å². The molecule has 0 aliphatic heterocycles. The molecule has 0 spiro atoms. The van der Waals surface area contributed by atoms with Crippen molar-refractivity contribution in [2.75, 3.05) is 5.32 Å². The highest BCUT2D eigenvalue weighted by Crippen LogP contribution is 2.28. The zero-order valence-corrected chi connectivity index (χ0v) is 11.9. The fourth-order valence-electron chi connectivity index (χ4n) is 1.62. The van der Waals surface area contributed by atoms with Crippen LogP contribution in [0.3, 0.4) is 0 Å². The second kappa shape index (κ2) is 5.99. The molecule has 0 unspecified atom stereocenters. The summed E-state index contributed by atoms with van der Waals surface area (Å²) in [5.74, 6) is -1.20. The zero-order valence-electron chi connectivity index (χ0n) is 10.3. The highest BCUT2D eigenvalue weighted by atomic mass is 32.1. The molecule has 0 saturated carbocycles. The van der Waals surface area contributed by atoms with Crippen LogP contribution >= 0.6 is 22.7 Å². The molecule has 2 N–H and O–H groups in total. The number of hydrogen-bond donors (Lipinski definition) is 2. The summed E-state index contributed by atoms with van der Waals surface area (Å²) in [6.07, 6.45) is 1.02. The Balaban J connectivity index is 2.11. The molecule has 0 aliphatic carbocycles. The molecule has 2 heterocycles. The van der Waals surface area contributed by atoms with Crippen LogP contribution in [0.2, 0.25) is 0 Å². The quantitative estimate of drug-likeness (QED) is 0.889. The Morgan fingerprint density at radius 1 is 1.42 bits per heavy atom. The number of carboxylic acids is 1. The molecular formula is C13H13NO3S2. The molecule has 0 radical (unpaired) electrons. The molecule has 0 aromatic carbocycles. The zero-order chi connectivity index (χ0) is 13.8. The molecule has 19 heavy (non-hydrogen) atoms. The molecule has 0 bridgehead atoms. The van der Waals surface area contributed by atoms with E-state index >= 15 is 0 Å². The van der Waals surface area contributed by atoms with Gasteiger partial charge in [-0.15, -0.1) is 11.3 Å². The Kier molecular flexibility index (Phi) is 4.34. The molecule has 0 saturated heterocycles.